The van der Waals surface area contributed by atoms with Gasteiger partial charge in [0.15, 0.2) is 9.84 Å². The highest BCUT2D eigenvalue weighted by molar-refractivity contribution is 9.09. The second-order valence-electron chi connectivity index (χ2n) is 5.41. The Bertz CT molecular complexity index is 306. The Kier molecular flexibility index (Phi) is 5.97. The molecule has 0 radical (unpaired) electrons. The second-order valence-corrected chi connectivity index (χ2v) is 8.25. The van der Waals surface area contributed by atoms with Gasteiger partial charge in [0.1, 0.15) is 0 Å². The highest BCUT2D eigenvalue weighted by Crippen LogP contribution is 2.34. The molecule has 0 aromatic rings. The molecule has 0 N–H and O–H groups in total. The summed E-state index contributed by atoms with van der Waals surface area (Å²) in [5.41, 5.74) is -0.0592. The monoisotopic (exact) mass is 324 g/mol. The third-order valence-electron chi connectivity index (χ3n) is 4.35. The Morgan fingerprint density at radius 3 is 2.06 bits per heavy atom. The van der Waals surface area contributed by atoms with Gasteiger partial charge in [0.05, 0.1) is 11.0 Å². The molecule has 0 saturated heterocycles. The van der Waals surface area contributed by atoms with Crippen LogP contribution in [0.25, 0.3) is 0 Å². The summed E-state index contributed by atoms with van der Waals surface area (Å²) in [7, 11) is -2.91. The zero-order valence-electron chi connectivity index (χ0n) is 11.0. The van der Waals surface area contributed by atoms with Crippen molar-refractivity contribution in [2.75, 3.05) is 11.1 Å². The van der Waals surface area contributed by atoms with Crippen molar-refractivity contribution in [2.45, 2.75) is 64.0 Å². The van der Waals surface area contributed by atoms with E-state index in [0.717, 1.165) is 43.9 Å². The molecule has 0 aliphatic heterocycles. The van der Waals surface area contributed by atoms with E-state index in [1.54, 1.807) is 0 Å². The van der Waals surface area contributed by atoms with E-state index in [0.29, 0.717) is 5.75 Å². The SMILES string of the molecule is CCC(CC)(CBr)CS(=O)(=O)C1CCCCC1. The molecular formula is C13H25BrO2S. The van der Waals surface area contributed by atoms with Gasteiger partial charge < -0.3 is 0 Å². The lowest BCUT2D eigenvalue weighted by molar-refractivity contribution is 0.347. The molecule has 1 aliphatic carbocycles. The van der Waals surface area contributed by atoms with Gasteiger partial charge >= 0.3 is 0 Å². The average molecular weight is 325 g/mol. The van der Waals surface area contributed by atoms with Crippen LogP contribution < -0.4 is 0 Å². The lowest BCUT2D eigenvalue weighted by Gasteiger charge is -2.32. The van der Waals surface area contributed by atoms with E-state index >= 15 is 0 Å². The van der Waals surface area contributed by atoms with Gasteiger partial charge in [-0.3, -0.25) is 0 Å². The third-order valence-corrected chi connectivity index (χ3v) is 8.04. The Morgan fingerprint density at radius 1 is 1.12 bits per heavy atom. The van der Waals surface area contributed by atoms with Crippen molar-refractivity contribution < 1.29 is 8.42 Å². The molecule has 102 valence electrons. The summed E-state index contributed by atoms with van der Waals surface area (Å²) >= 11 is 3.51. The standard InChI is InChI=1S/C13H25BrO2S/c1-3-13(4-2,10-14)11-17(15,16)12-8-6-5-7-9-12/h12H,3-11H2,1-2H3. The van der Waals surface area contributed by atoms with Crippen molar-refractivity contribution in [1.82, 2.24) is 0 Å². The summed E-state index contributed by atoms with van der Waals surface area (Å²) < 4.78 is 24.9. The molecule has 0 aromatic carbocycles. The smallest absolute Gasteiger partial charge is 0.153 e. The van der Waals surface area contributed by atoms with Crippen molar-refractivity contribution in [3.63, 3.8) is 0 Å². The van der Waals surface area contributed by atoms with Crippen molar-refractivity contribution in [1.29, 1.82) is 0 Å². The van der Waals surface area contributed by atoms with Crippen LogP contribution >= 0.6 is 15.9 Å². The van der Waals surface area contributed by atoms with Crippen molar-refractivity contribution >= 4 is 25.8 Å². The molecule has 4 heteroatoms. The zero-order chi connectivity index (χ0) is 12.9. The summed E-state index contributed by atoms with van der Waals surface area (Å²) in [6, 6.07) is 0. The van der Waals surface area contributed by atoms with Crippen LogP contribution in [0, 0.1) is 5.41 Å². The maximum Gasteiger partial charge on any atom is 0.153 e. The molecule has 0 unspecified atom stereocenters. The first-order valence-corrected chi connectivity index (χ1v) is 9.61. The van der Waals surface area contributed by atoms with Crippen LogP contribution in [0.2, 0.25) is 0 Å². The minimum Gasteiger partial charge on any atom is -0.229 e. The topological polar surface area (TPSA) is 34.1 Å². The van der Waals surface area contributed by atoms with Gasteiger partial charge in [0.25, 0.3) is 0 Å². The molecule has 1 fully saturated rings. The predicted molar refractivity (Wildman–Crippen MR) is 77.5 cm³/mol. The summed E-state index contributed by atoms with van der Waals surface area (Å²) in [6.07, 6.45) is 7.01. The molecule has 1 aliphatic rings. The molecular weight excluding hydrogens is 300 g/mol. The maximum atomic E-state index is 12.5. The second kappa shape index (κ2) is 6.55. The first kappa shape index (κ1) is 15.5. The molecule has 0 spiro atoms. The Balaban J connectivity index is 2.76. The van der Waals surface area contributed by atoms with Gasteiger partial charge in [-0.05, 0) is 31.1 Å². The maximum absolute atomic E-state index is 12.5. The van der Waals surface area contributed by atoms with Crippen LogP contribution in [0.4, 0.5) is 0 Å². The molecule has 1 rings (SSSR count). The molecule has 2 nitrogen and oxygen atoms in total. The minimum absolute atomic E-state index is 0.0592. The van der Waals surface area contributed by atoms with Crippen LogP contribution in [-0.4, -0.2) is 24.8 Å². The quantitative estimate of drug-likeness (QED) is 0.693. The number of rotatable bonds is 6. The van der Waals surface area contributed by atoms with E-state index in [2.05, 4.69) is 29.8 Å². The lowest BCUT2D eigenvalue weighted by atomic mass is 9.87. The first-order chi connectivity index (χ1) is 7.99. The largest absolute Gasteiger partial charge is 0.229 e. The number of halogens is 1. The molecule has 0 amide bonds. The van der Waals surface area contributed by atoms with E-state index < -0.39 is 9.84 Å². The van der Waals surface area contributed by atoms with Crippen LogP contribution in [0.1, 0.15) is 58.8 Å². The number of hydrogen-bond acceptors (Lipinski definition) is 2. The Morgan fingerprint density at radius 2 is 1.65 bits per heavy atom. The van der Waals surface area contributed by atoms with E-state index in [1.165, 1.54) is 6.42 Å². The van der Waals surface area contributed by atoms with Crippen molar-refractivity contribution in [3.05, 3.63) is 0 Å². The molecule has 0 atom stereocenters. The third kappa shape index (κ3) is 3.95. The fourth-order valence-electron chi connectivity index (χ4n) is 2.65. The van der Waals surface area contributed by atoms with Crippen molar-refractivity contribution in [3.8, 4) is 0 Å². The number of hydrogen-bond donors (Lipinski definition) is 0. The van der Waals surface area contributed by atoms with Crippen LogP contribution in [0.3, 0.4) is 0 Å². The summed E-state index contributed by atoms with van der Waals surface area (Å²) in [6.45, 7) is 4.20. The van der Waals surface area contributed by atoms with Crippen LogP contribution in [-0.2, 0) is 9.84 Å². The van der Waals surface area contributed by atoms with Gasteiger partial charge in [-0.2, -0.15) is 0 Å². The first-order valence-electron chi connectivity index (χ1n) is 6.77. The van der Waals surface area contributed by atoms with E-state index in [1.807, 2.05) is 0 Å². The fourth-order valence-corrected chi connectivity index (χ4v) is 6.56. The van der Waals surface area contributed by atoms with Gasteiger partial charge in [0, 0.05) is 5.33 Å². The van der Waals surface area contributed by atoms with Gasteiger partial charge in [-0.1, -0.05) is 49.0 Å². The summed E-state index contributed by atoms with van der Waals surface area (Å²) in [5.74, 6) is 0.364. The number of sulfone groups is 1. The van der Waals surface area contributed by atoms with Gasteiger partial charge in [-0.25, -0.2) is 8.42 Å². The van der Waals surface area contributed by atoms with Crippen LogP contribution in [0.5, 0.6) is 0 Å². The molecule has 0 heterocycles. The summed E-state index contributed by atoms with van der Waals surface area (Å²) in [5, 5.41) is 0.728. The Hall–Kier alpha value is 0.430. The predicted octanol–water partition coefficient (Wildman–Crippen LogP) is 3.94. The van der Waals surface area contributed by atoms with E-state index in [-0.39, 0.29) is 10.7 Å². The molecule has 17 heavy (non-hydrogen) atoms. The highest BCUT2D eigenvalue weighted by atomic mass is 79.9. The van der Waals surface area contributed by atoms with E-state index in [4.69, 9.17) is 0 Å². The van der Waals surface area contributed by atoms with E-state index in [9.17, 15) is 8.42 Å². The zero-order valence-corrected chi connectivity index (χ0v) is 13.4. The molecule has 0 bridgehead atoms. The average Bonchev–Trinajstić information content (AvgIpc) is 2.37. The molecule has 1 saturated carbocycles. The fraction of sp³-hybridized carbons (Fsp3) is 1.00. The lowest BCUT2D eigenvalue weighted by Crippen LogP contribution is -2.36. The van der Waals surface area contributed by atoms with Crippen molar-refractivity contribution in [2.24, 2.45) is 5.41 Å². The van der Waals surface area contributed by atoms with Gasteiger partial charge in [-0.15, -0.1) is 0 Å². The minimum atomic E-state index is -2.91. The number of alkyl halides is 1. The van der Waals surface area contributed by atoms with Crippen LogP contribution in [0.15, 0.2) is 0 Å². The van der Waals surface area contributed by atoms with Gasteiger partial charge in [0.2, 0.25) is 0 Å². The normalized spacial score (nSPS) is 19.5. The Labute approximate surface area is 115 Å². The molecule has 0 aromatic heterocycles. The highest BCUT2D eigenvalue weighted by Gasteiger charge is 2.36. The summed E-state index contributed by atoms with van der Waals surface area (Å²) in [4.78, 5) is 0.